The zero-order valence-electron chi connectivity index (χ0n) is 32.8. The molecule has 0 saturated carbocycles. The van der Waals surface area contributed by atoms with Gasteiger partial charge < -0.3 is 4.42 Å². The van der Waals surface area contributed by atoms with Crippen LogP contribution in [0.3, 0.4) is 0 Å². The van der Waals surface area contributed by atoms with Gasteiger partial charge in [0.2, 0.25) is 0 Å². The molecule has 282 valence electrons. The Morgan fingerprint density at radius 2 is 0.721 bits per heavy atom. The summed E-state index contributed by atoms with van der Waals surface area (Å²) in [6.07, 6.45) is 0. The normalized spacial score (nSPS) is 11.9. The molecule has 4 heteroatoms. The molecule has 0 bridgehead atoms. The Labute approximate surface area is 350 Å². The molecule has 0 fully saturated rings. The van der Waals surface area contributed by atoms with Gasteiger partial charge in [0.15, 0.2) is 17.5 Å². The monoisotopic (exact) mass is 775 g/mol. The fraction of sp³-hybridized carbons (Fsp3) is 0. The number of aromatic nitrogens is 3. The van der Waals surface area contributed by atoms with E-state index in [1.54, 1.807) is 0 Å². The maximum Gasteiger partial charge on any atom is 0.164 e. The summed E-state index contributed by atoms with van der Waals surface area (Å²) >= 11 is 0. The van der Waals surface area contributed by atoms with Gasteiger partial charge in [0, 0.05) is 27.6 Å². The van der Waals surface area contributed by atoms with Crippen LogP contribution in [0.2, 0.25) is 0 Å². The summed E-state index contributed by atoms with van der Waals surface area (Å²) in [6.45, 7) is 0. The van der Waals surface area contributed by atoms with Gasteiger partial charge in [-0.15, -0.1) is 0 Å². The lowest BCUT2D eigenvalue weighted by Crippen LogP contribution is -2.00. The maximum atomic E-state index is 6.26. The highest BCUT2D eigenvalue weighted by molar-refractivity contribution is 6.37. The molecule has 0 aliphatic heterocycles. The molecule has 2 aromatic heterocycles. The summed E-state index contributed by atoms with van der Waals surface area (Å²) in [5.41, 5.74) is 6.76. The zero-order chi connectivity index (χ0) is 40.0. The van der Waals surface area contributed by atoms with Crippen molar-refractivity contribution < 1.29 is 4.42 Å². The highest BCUT2D eigenvalue weighted by Crippen LogP contribution is 2.44. The van der Waals surface area contributed by atoms with Crippen LogP contribution in [0.15, 0.2) is 205 Å². The zero-order valence-corrected chi connectivity index (χ0v) is 32.8. The molecule has 4 nitrogen and oxygen atoms in total. The average Bonchev–Trinajstić information content (AvgIpc) is 3.77. The second-order valence-corrected chi connectivity index (χ2v) is 15.9. The summed E-state index contributed by atoms with van der Waals surface area (Å²) in [5, 5.41) is 16.2. The summed E-state index contributed by atoms with van der Waals surface area (Å²) in [4.78, 5) is 15.4. The van der Waals surface area contributed by atoms with Crippen LogP contribution >= 0.6 is 0 Å². The number of para-hydroxylation sites is 1. The van der Waals surface area contributed by atoms with E-state index in [9.17, 15) is 0 Å². The third-order valence-electron chi connectivity index (χ3n) is 12.4. The number of rotatable bonds is 5. The first-order chi connectivity index (χ1) is 30.2. The molecule has 0 spiro atoms. The molecule has 0 amide bonds. The molecule has 0 radical (unpaired) electrons. The predicted molar refractivity (Wildman–Crippen MR) is 253 cm³/mol. The first kappa shape index (κ1) is 33.7. The van der Waals surface area contributed by atoms with E-state index in [0.717, 1.165) is 50.1 Å². The Balaban J connectivity index is 1.02. The van der Waals surface area contributed by atoms with Crippen LogP contribution in [0.1, 0.15) is 0 Å². The SMILES string of the molecule is c1ccc(-c2nc(-c3cccc(-c4cc5ccc6cccc7c8cccc9ccc%10cccc(c(c4)c5c67)c%10c98)c3)nc(-c3cccc(-c4cc5ccccc5o4)c3)n2)cc1. The van der Waals surface area contributed by atoms with Gasteiger partial charge in [0.05, 0.1) is 0 Å². The van der Waals surface area contributed by atoms with Gasteiger partial charge in [-0.2, -0.15) is 0 Å². The molecule has 11 aromatic carbocycles. The number of benzene rings is 10. The van der Waals surface area contributed by atoms with Gasteiger partial charge in [0.1, 0.15) is 11.3 Å². The van der Waals surface area contributed by atoms with Crippen LogP contribution in [0.5, 0.6) is 0 Å². The number of nitrogens with zero attached hydrogens (tertiary/aromatic N) is 3. The minimum Gasteiger partial charge on any atom is -0.456 e. The Hall–Kier alpha value is -8.21. The maximum absolute atomic E-state index is 6.26. The molecular weight excluding hydrogens is 743 g/mol. The van der Waals surface area contributed by atoms with Crippen molar-refractivity contribution in [1.82, 2.24) is 15.0 Å². The number of hydrogen-bond acceptors (Lipinski definition) is 4. The molecule has 0 unspecified atom stereocenters. The third kappa shape index (κ3) is 5.36. The van der Waals surface area contributed by atoms with Gasteiger partial charge in [-0.25, -0.2) is 15.0 Å². The Kier molecular flexibility index (Phi) is 7.27. The number of hydrogen-bond donors (Lipinski definition) is 0. The van der Waals surface area contributed by atoms with Crippen molar-refractivity contribution in [2.24, 2.45) is 0 Å². The average molecular weight is 776 g/mol. The molecule has 13 rings (SSSR count). The van der Waals surface area contributed by atoms with Gasteiger partial charge >= 0.3 is 0 Å². The minimum absolute atomic E-state index is 0.597. The third-order valence-corrected chi connectivity index (χ3v) is 12.4. The van der Waals surface area contributed by atoms with Gasteiger partial charge in [-0.05, 0) is 112 Å². The van der Waals surface area contributed by atoms with E-state index in [0.29, 0.717) is 17.5 Å². The summed E-state index contributed by atoms with van der Waals surface area (Å²) in [5.74, 6) is 2.63. The highest BCUT2D eigenvalue weighted by Gasteiger charge is 2.18. The van der Waals surface area contributed by atoms with E-state index in [2.05, 4.69) is 146 Å². The molecule has 2 heterocycles. The molecule has 0 atom stereocenters. The lowest BCUT2D eigenvalue weighted by atomic mass is 9.86. The van der Waals surface area contributed by atoms with Crippen molar-refractivity contribution in [1.29, 1.82) is 0 Å². The fourth-order valence-corrected chi connectivity index (χ4v) is 9.57. The Morgan fingerprint density at radius 1 is 0.262 bits per heavy atom. The van der Waals surface area contributed by atoms with Crippen LogP contribution in [0.4, 0.5) is 0 Å². The van der Waals surface area contributed by atoms with Crippen molar-refractivity contribution >= 4 is 75.6 Å². The molecule has 0 N–H and O–H groups in total. The summed E-state index contributed by atoms with van der Waals surface area (Å²) in [6, 6.07) is 71.3. The van der Waals surface area contributed by atoms with E-state index >= 15 is 0 Å². The van der Waals surface area contributed by atoms with Crippen LogP contribution in [-0.4, -0.2) is 15.0 Å². The van der Waals surface area contributed by atoms with Crippen molar-refractivity contribution in [3.05, 3.63) is 200 Å². The standard InChI is InChI=1S/C57H33N3O/c1-2-11-37(12-3-1)55-58-56(60-57(59-55)43-20-7-18-39(30-43)50-33-40-13-4-5-24-49(40)61-50)42-19-6-17-38(29-42)44-31-41-28-27-36-15-9-22-46-45-21-8-14-34-25-26-35-16-10-23-47(53(35)51(34)45)48(32-44)54(41)52(36)46/h1-33H. The molecule has 61 heavy (non-hydrogen) atoms. The van der Waals surface area contributed by atoms with Crippen molar-refractivity contribution in [3.63, 3.8) is 0 Å². The predicted octanol–water partition coefficient (Wildman–Crippen LogP) is 15.3. The summed E-state index contributed by atoms with van der Waals surface area (Å²) in [7, 11) is 0. The van der Waals surface area contributed by atoms with Gasteiger partial charge in [-0.3, -0.25) is 0 Å². The first-order valence-electron chi connectivity index (χ1n) is 20.7. The lowest BCUT2D eigenvalue weighted by molar-refractivity contribution is 0.631. The lowest BCUT2D eigenvalue weighted by Gasteiger charge is -2.17. The molecular formula is C57H33N3O. The molecule has 13 aromatic rings. The van der Waals surface area contributed by atoms with Gasteiger partial charge in [0.25, 0.3) is 0 Å². The van der Waals surface area contributed by atoms with E-state index in [4.69, 9.17) is 19.4 Å². The van der Waals surface area contributed by atoms with E-state index in [1.807, 2.05) is 54.6 Å². The van der Waals surface area contributed by atoms with E-state index in [1.165, 1.54) is 64.6 Å². The molecule has 0 saturated heterocycles. The first-order valence-corrected chi connectivity index (χ1v) is 20.7. The molecule has 0 aliphatic carbocycles. The fourth-order valence-electron chi connectivity index (χ4n) is 9.57. The second-order valence-electron chi connectivity index (χ2n) is 15.9. The van der Waals surface area contributed by atoms with Crippen LogP contribution < -0.4 is 0 Å². The Morgan fingerprint density at radius 3 is 1.36 bits per heavy atom. The highest BCUT2D eigenvalue weighted by atomic mass is 16.3. The smallest absolute Gasteiger partial charge is 0.164 e. The van der Waals surface area contributed by atoms with Gasteiger partial charge in [-0.1, -0.05) is 164 Å². The number of fused-ring (bicyclic) bond motifs is 3. The van der Waals surface area contributed by atoms with Crippen LogP contribution in [0, 0.1) is 0 Å². The Bertz CT molecular complexity index is 3850. The minimum atomic E-state index is 0.597. The van der Waals surface area contributed by atoms with Crippen molar-refractivity contribution in [3.8, 4) is 56.6 Å². The number of furan rings is 1. The molecule has 0 aliphatic rings. The topological polar surface area (TPSA) is 51.8 Å². The van der Waals surface area contributed by atoms with E-state index in [-0.39, 0.29) is 0 Å². The van der Waals surface area contributed by atoms with Crippen molar-refractivity contribution in [2.75, 3.05) is 0 Å². The largest absolute Gasteiger partial charge is 0.456 e. The summed E-state index contributed by atoms with van der Waals surface area (Å²) < 4.78 is 6.26. The van der Waals surface area contributed by atoms with Crippen LogP contribution in [0.25, 0.3) is 132 Å². The van der Waals surface area contributed by atoms with Crippen LogP contribution in [-0.2, 0) is 0 Å². The quantitative estimate of drug-likeness (QED) is 0.163. The van der Waals surface area contributed by atoms with Crippen molar-refractivity contribution in [2.45, 2.75) is 0 Å². The van der Waals surface area contributed by atoms with E-state index < -0.39 is 0 Å². The second kappa shape index (κ2) is 13.2.